The third kappa shape index (κ3) is 2.46. The van der Waals surface area contributed by atoms with Crippen LogP contribution in [-0.2, 0) is 4.79 Å². The SMILES string of the molecule is O=CC[C@H](C1CCCCC1)n1cccn1. The van der Waals surface area contributed by atoms with E-state index in [0.717, 1.165) is 6.29 Å². The molecule has 0 bridgehead atoms. The van der Waals surface area contributed by atoms with Gasteiger partial charge in [0.25, 0.3) is 0 Å². The van der Waals surface area contributed by atoms with Gasteiger partial charge in [0, 0.05) is 18.8 Å². The number of nitrogens with zero attached hydrogens (tertiary/aromatic N) is 2. The molecule has 1 atom stereocenters. The maximum atomic E-state index is 10.7. The standard InChI is InChI=1S/C12H18N2O/c15-10-7-12(14-9-4-8-13-14)11-5-2-1-3-6-11/h4,8-12H,1-3,5-7H2/t12-/m1/s1. The van der Waals surface area contributed by atoms with E-state index in [1.54, 1.807) is 6.20 Å². The molecule has 1 aromatic heterocycles. The fourth-order valence-electron chi connectivity index (χ4n) is 2.61. The molecule has 0 aliphatic heterocycles. The lowest BCUT2D eigenvalue weighted by molar-refractivity contribution is -0.109. The van der Waals surface area contributed by atoms with E-state index in [1.165, 1.54) is 32.1 Å². The molecule has 82 valence electrons. The number of carbonyl (C=O) groups excluding carboxylic acids is 1. The summed E-state index contributed by atoms with van der Waals surface area (Å²) in [7, 11) is 0. The maximum Gasteiger partial charge on any atom is 0.122 e. The summed E-state index contributed by atoms with van der Waals surface area (Å²) >= 11 is 0. The number of aldehydes is 1. The van der Waals surface area contributed by atoms with Gasteiger partial charge in [0.1, 0.15) is 6.29 Å². The minimum atomic E-state index is 0.290. The average Bonchev–Trinajstić information content (AvgIpc) is 2.80. The van der Waals surface area contributed by atoms with Crippen LogP contribution in [0.5, 0.6) is 0 Å². The van der Waals surface area contributed by atoms with E-state index in [9.17, 15) is 4.79 Å². The van der Waals surface area contributed by atoms with Gasteiger partial charge in [-0.2, -0.15) is 5.10 Å². The minimum absolute atomic E-state index is 0.290. The van der Waals surface area contributed by atoms with Crippen molar-refractivity contribution < 1.29 is 4.79 Å². The first-order valence-corrected chi connectivity index (χ1v) is 5.84. The van der Waals surface area contributed by atoms with Crippen molar-refractivity contribution in [2.24, 2.45) is 5.92 Å². The monoisotopic (exact) mass is 206 g/mol. The zero-order chi connectivity index (χ0) is 10.5. The van der Waals surface area contributed by atoms with E-state index < -0.39 is 0 Å². The summed E-state index contributed by atoms with van der Waals surface area (Å²) < 4.78 is 1.96. The van der Waals surface area contributed by atoms with Crippen LogP contribution in [0.1, 0.15) is 44.6 Å². The Morgan fingerprint density at radius 2 is 2.20 bits per heavy atom. The van der Waals surface area contributed by atoms with E-state index in [1.807, 2.05) is 16.9 Å². The summed E-state index contributed by atoms with van der Waals surface area (Å²) in [6, 6.07) is 2.22. The Hall–Kier alpha value is -1.12. The molecule has 0 amide bonds. The Balaban J connectivity index is 2.07. The molecule has 0 aromatic carbocycles. The van der Waals surface area contributed by atoms with Gasteiger partial charge in [0.2, 0.25) is 0 Å². The van der Waals surface area contributed by atoms with Crippen LogP contribution in [0.3, 0.4) is 0 Å². The highest BCUT2D eigenvalue weighted by Crippen LogP contribution is 2.33. The van der Waals surface area contributed by atoms with Crippen molar-refractivity contribution in [2.75, 3.05) is 0 Å². The first kappa shape index (κ1) is 10.4. The van der Waals surface area contributed by atoms with E-state index in [-0.39, 0.29) is 6.04 Å². The van der Waals surface area contributed by atoms with Crippen LogP contribution in [-0.4, -0.2) is 16.1 Å². The van der Waals surface area contributed by atoms with E-state index >= 15 is 0 Å². The second-order valence-corrected chi connectivity index (χ2v) is 4.35. The van der Waals surface area contributed by atoms with Crippen LogP contribution in [0.15, 0.2) is 18.5 Å². The van der Waals surface area contributed by atoms with Gasteiger partial charge in [0.05, 0.1) is 6.04 Å². The van der Waals surface area contributed by atoms with Gasteiger partial charge in [-0.15, -0.1) is 0 Å². The summed E-state index contributed by atoms with van der Waals surface area (Å²) in [6.45, 7) is 0. The first-order valence-electron chi connectivity index (χ1n) is 5.84. The van der Waals surface area contributed by atoms with Crippen molar-refractivity contribution in [3.05, 3.63) is 18.5 Å². The molecule has 0 spiro atoms. The number of hydrogen-bond acceptors (Lipinski definition) is 2. The molecule has 0 N–H and O–H groups in total. The van der Waals surface area contributed by atoms with Crippen LogP contribution in [0.25, 0.3) is 0 Å². The number of rotatable bonds is 4. The molecule has 3 heteroatoms. The lowest BCUT2D eigenvalue weighted by Crippen LogP contribution is -2.22. The average molecular weight is 206 g/mol. The van der Waals surface area contributed by atoms with Gasteiger partial charge in [-0.25, -0.2) is 0 Å². The Kier molecular flexibility index (Phi) is 3.54. The topological polar surface area (TPSA) is 34.9 Å². The minimum Gasteiger partial charge on any atom is -0.303 e. The van der Waals surface area contributed by atoms with Gasteiger partial charge in [-0.05, 0) is 24.8 Å². The first-order chi connectivity index (χ1) is 7.42. The highest BCUT2D eigenvalue weighted by atomic mass is 16.1. The van der Waals surface area contributed by atoms with Gasteiger partial charge in [-0.3, -0.25) is 4.68 Å². The predicted molar refractivity (Wildman–Crippen MR) is 58.5 cm³/mol. The molecule has 3 nitrogen and oxygen atoms in total. The van der Waals surface area contributed by atoms with E-state index in [2.05, 4.69) is 5.10 Å². The summed E-state index contributed by atoms with van der Waals surface area (Å²) in [5, 5.41) is 4.27. The highest BCUT2D eigenvalue weighted by Gasteiger charge is 2.24. The zero-order valence-corrected chi connectivity index (χ0v) is 9.01. The predicted octanol–water partition coefficient (Wildman–Crippen LogP) is 2.59. The van der Waals surface area contributed by atoms with Gasteiger partial charge in [0.15, 0.2) is 0 Å². The van der Waals surface area contributed by atoms with Crippen LogP contribution >= 0.6 is 0 Å². The fraction of sp³-hybridized carbons (Fsp3) is 0.667. The molecular formula is C12H18N2O. The smallest absolute Gasteiger partial charge is 0.122 e. The van der Waals surface area contributed by atoms with E-state index in [0.29, 0.717) is 12.3 Å². The number of hydrogen-bond donors (Lipinski definition) is 0. The van der Waals surface area contributed by atoms with Crippen molar-refractivity contribution in [3.63, 3.8) is 0 Å². The quantitative estimate of drug-likeness (QED) is 0.710. The third-order valence-electron chi connectivity index (χ3n) is 3.40. The molecule has 1 aliphatic carbocycles. The molecule has 0 radical (unpaired) electrons. The normalized spacial score (nSPS) is 20.0. The Morgan fingerprint density at radius 3 is 2.80 bits per heavy atom. The lowest BCUT2D eigenvalue weighted by atomic mass is 9.83. The van der Waals surface area contributed by atoms with E-state index in [4.69, 9.17) is 0 Å². The van der Waals surface area contributed by atoms with Crippen molar-refractivity contribution in [2.45, 2.75) is 44.6 Å². The summed E-state index contributed by atoms with van der Waals surface area (Å²) in [4.78, 5) is 10.7. The summed E-state index contributed by atoms with van der Waals surface area (Å²) in [5.41, 5.74) is 0. The number of aromatic nitrogens is 2. The molecule has 1 heterocycles. The van der Waals surface area contributed by atoms with Gasteiger partial charge >= 0.3 is 0 Å². The molecule has 1 saturated carbocycles. The number of carbonyl (C=O) groups is 1. The summed E-state index contributed by atoms with van der Waals surface area (Å²) in [5.74, 6) is 0.642. The van der Waals surface area contributed by atoms with Gasteiger partial charge < -0.3 is 4.79 Å². The molecule has 2 rings (SSSR count). The highest BCUT2D eigenvalue weighted by molar-refractivity contribution is 5.50. The van der Waals surface area contributed by atoms with Gasteiger partial charge in [-0.1, -0.05) is 19.3 Å². The Bertz CT molecular complexity index is 289. The fourth-order valence-corrected chi connectivity index (χ4v) is 2.61. The Morgan fingerprint density at radius 1 is 1.40 bits per heavy atom. The zero-order valence-electron chi connectivity index (χ0n) is 9.01. The molecular weight excluding hydrogens is 188 g/mol. The molecule has 0 saturated heterocycles. The van der Waals surface area contributed by atoms with Crippen LogP contribution in [0.2, 0.25) is 0 Å². The van der Waals surface area contributed by atoms with Crippen LogP contribution in [0.4, 0.5) is 0 Å². The lowest BCUT2D eigenvalue weighted by Gasteiger charge is -2.29. The largest absolute Gasteiger partial charge is 0.303 e. The van der Waals surface area contributed by atoms with Crippen molar-refractivity contribution in [1.82, 2.24) is 9.78 Å². The second kappa shape index (κ2) is 5.10. The third-order valence-corrected chi connectivity index (χ3v) is 3.40. The maximum absolute atomic E-state index is 10.7. The molecule has 1 fully saturated rings. The molecule has 15 heavy (non-hydrogen) atoms. The van der Waals surface area contributed by atoms with Crippen molar-refractivity contribution in [1.29, 1.82) is 0 Å². The Labute approximate surface area is 90.5 Å². The van der Waals surface area contributed by atoms with Crippen molar-refractivity contribution >= 4 is 6.29 Å². The van der Waals surface area contributed by atoms with Crippen LogP contribution < -0.4 is 0 Å². The molecule has 1 aromatic rings. The molecule has 1 aliphatic rings. The summed E-state index contributed by atoms with van der Waals surface area (Å²) in [6.07, 6.45) is 11.9. The van der Waals surface area contributed by atoms with Crippen LogP contribution in [0, 0.1) is 5.92 Å². The second-order valence-electron chi connectivity index (χ2n) is 4.35. The molecule has 0 unspecified atom stereocenters. The van der Waals surface area contributed by atoms with Crippen molar-refractivity contribution in [3.8, 4) is 0 Å².